The fraction of sp³-hybridized carbons (Fsp3) is 0.250. The van der Waals surface area contributed by atoms with E-state index in [1.807, 2.05) is 0 Å². The second-order valence-electron chi connectivity index (χ2n) is 2.47. The number of nitrogens with zero attached hydrogens (tertiary/aromatic N) is 2. The van der Waals surface area contributed by atoms with Crippen LogP contribution in [0.1, 0.15) is 17.3 Å². The minimum absolute atomic E-state index is 0.112. The summed E-state index contributed by atoms with van der Waals surface area (Å²) >= 11 is 5.59. The number of aromatic nitrogens is 1. The molecule has 0 aliphatic heterocycles. The lowest BCUT2D eigenvalue weighted by molar-refractivity contribution is -0.385. The fourth-order valence-electron chi connectivity index (χ4n) is 0.971. The number of esters is 1. The average Bonchev–Trinajstić information content (AvgIpc) is 2.17. The fourth-order valence-corrected chi connectivity index (χ4v) is 1.20. The highest BCUT2D eigenvalue weighted by Gasteiger charge is 2.25. The van der Waals surface area contributed by atoms with Crippen LogP contribution in [0.25, 0.3) is 0 Å². The minimum Gasteiger partial charge on any atom is -0.462 e. The largest absolute Gasteiger partial charge is 0.462 e. The van der Waals surface area contributed by atoms with Gasteiger partial charge in [-0.05, 0) is 6.92 Å². The Kier molecular flexibility index (Phi) is 3.56. The SMILES string of the molecule is CCOC(=O)c1c([N+](=O)[O-])ccnc1Cl. The van der Waals surface area contributed by atoms with E-state index in [-0.39, 0.29) is 17.3 Å². The smallest absolute Gasteiger partial charge is 0.348 e. The van der Waals surface area contributed by atoms with E-state index in [4.69, 9.17) is 11.6 Å². The maximum absolute atomic E-state index is 11.3. The molecule has 0 unspecified atom stereocenters. The highest BCUT2D eigenvalue weighted by atomic mass is 35.5. The summed E-state index contributed by atoms with van der Waals surface area (Å²) in [5, 5.41) is 10.4. The predicted molar refractivity (Wildman–Crippen MR) is 51.9 cm³/mol. The molecule has 6 nitrogen and oxygen atoms in total. The summed E-state index contributed by atoms with van der Waals surface area (Å²) in [5.41, 5.74) is -0.723. The topological polar surface area (TPSA) is 82.3 Å². The van der Waals surface area contributed by atoms with Crippen LogP contribution < -0.4 is 0 Å². The Hall–Kier alpha value is -1.69. The van der Waals surface area contributed by atoms with E-state index in [1.165, 1.54) is 0 Å². The molecule has 0 saturated carbocycles. The molecule has 0 aliphatic carbocycles. The van der Waals surface area contributed by atoms with Crippen molar-refractivity contribution in [1.29, 1.82) is 0 Å². The molecule has 80 valence electrons. The number of rotatable bonds is 3. The molecule has 0 radical (unpaired) electrons. The molecule has 1 rings (SSSR count). The van der Waals surface area contributed by atoms with Gasteiger partial charge in [0.1, 0.15) is 0 Å². The van der Waals surface area contributed by atoms with Crippen LogP contribution in [0.3, 0.4) is 0 Å². The normalized spacial score (nSPS) is 9.73. The van der Waals surface area contributed by atoms with Gasteiger partial charge in [-0.3, -0.25) is 10.1 Å². The molecule has 0 bridgehead atoms. The van der Waals surface area contributed by atoms with E-state index >= 15 is 0 Å². The molecule has 0 fully saturated rings. The Bertz CT molecular complexity index is 408. The van der Waals surface area contributed by atoms with Gasteiger partial charge in [0.05, 0.1) is 11.5 Å². The van der Waals surface area contributed by atoms with Crippen LogP contribution in [-0.2, 0) is 4.74 Å². The van der Waals surface area contributed by atoms with Crippen molar-refractivity contribution < 1.29 is 14.5 Å². The monoisotopic (exact) mass is 230 g/mol. The molecule has 7 heteroatoms. The molecule has 1 aromatic rings. The summed E-state index contributed by atoms with van der Waals surface area (Å²) in [7, 11) is 0. The van der Waals surface area contributed by atoms with Crippen LogP contribution >= 0.6 is 11.6 Å². The number of hydrogen-bond acceptors (Lipinski definition) is 5. The van der Waals surface area contributed by atoms with Gasteiger partial charge in [0.15, 0.2) is 10.7 Å². The second kappa shape index (κ2) is 4.70. The van der Waals surface area contributed by atoms with Crippen molar-refractivity contribution in [2.45, 2.75) is 6.92 Å². The lowest BCUT2D eigenvalue weighted by Gasteiger charge is -2.03. The number of ether oxygens (including phenoxy) is 1. The quantitative estimate of drug-likeness (QED) is 0.342. The lowest BCUT2D eigenvalue weighted by atomic mass is 10.2. The van der Waals surface area contributed by atoms with Gasteiger partial charge in [-0.15, -0.1) is 0 Å². The Morgan fingerprint density at radius 2 is 2.40 bits per heavy atom. The summed E-state index contributed by atoms with van der Waals surface area (Å²) in [6, 6.07) is 1.10. The van der Waals surface area contributed by atoms with Crippen LogP contribution in [0.2, 0.25) is 5.15 Å². The summed E-state index contributed by atoms with van der Waals surface area (Å²) < 4.78 is 4.63. The zero-order chi connectivity index (χ0) is 11.4. The highest BCUT2D eigenvalue weighted by Crippen LogP contribution is 2.24. The third-order valence-electron chi connectivity index (χ3n) is 1.56. The first kappa shape index (κ1) is 11.4. The lowest BCUT2D eigenvalue weighted by Crippen LogP contribution is -2.09. The third-order valence-corrected chi connectivity index (χ3v) is 1.85. The minimum atomic E-state index is -0.845. The molecule has 15 heavy (non-hydrogen) atoms. The van der Waals surface area contributed by atoms with Crippen LogP contribution in [0.15, 0.2) is 12.3 Å². The van der Waals surface area contributed by atoms with Crippen molar-refractivity contribution in [2.24, 2.45) is 0 Å². The van der Waals surface area contributed by atoms with Gasteiger partial charge < -0.3 is 4.74 Å². The van der Waals surface area contributed by atoms with Crippen molar-refractivity contribution in [2.75, 3.05) is 6.61 Å². The molecular formula is C8H7ClN2O4. The van der Waals surface area contributed by atoms with Crippen LogP contribution in [0.4, 0.5) is 5.69 Å². The van der Waals surface area contributed by atoms with Gasteiger partial charge in [0.2, 0.25) is 0 Å². The van der Waals surface area contributed by atoms with Gasteiger partial charge in [-0.25, -0.2) is 9.78 Å². The molecule has 0 amide bonds. The van der Waals surface area contributed by atoms with Crippen LogP contribution in [-0.4, -0.2) is 22.5 Å². The molecule has 0 N–H and O–H groups in total. The molecular weight excluding hydrogens is 224 g/mol. The molecule has 0 saturated heterocycles. The van der Waals surface area contributed by atoms with Crippen molar-refractivity contribution >= 4 is 23.3 Å². The first-order valence-corrected chi connectivity index (χ1v) is 4.41. The number of carbonyl (C=O) groups excluding carboxylic acids is 1. The molecule has 0 aliphatic rings. The Labute approximate surface area is 90.0 Å². The number of pyridine rings is 1. The predicted octanol–water partition coefficient (Wildman–Crippen LogP) is 1.82. The van der Waals surface area contributed by atoms with Crippen LogP contribution in [0, 0.1) is 10.1 Å². The number of carbonyl (C=O) groups is 1. The molecule has 1 heterocycles. The van der Waals surface area contributed by atoms with E-state index < -0.39 is 16.6 Å². The Balaban J connectivity index is 3.24. The highest BCUT2D eigenvalue weighted by molar-refractivity contribution is 6.32. The van der Waals surface area contributed by atoms with E-state index in [0.717, 1.165) is 12.3 Å². The van der Waals surface area contributed by atoms with E-state index in [2.05, 4.69) is 9.72 Å². The third kappa shape index (κ3) is 2.41. The van der Waals surface area contributed by atoms with Gasteiger partial charge in [-0.2, -0.15) is 0 Å². The maximum atomic E-state index is 11.3. The number of nitro groups is 1. The summed E-state index contributed by atoms with van der Waals surface area (Å²) in [5.74, 6) is -0.845. The second-order valence-corrected chi connectivity index (χ2v) is 2.83. The van der Waals surface area contributed by atoms with Gasteiger partial charge >= 0.3 is 5.97 Å². The van der Waals surface area contributed by atoms with Crippen molar-refractivity contribution in [3.05, 3.63) is 33.1 Å². The van der Waals surface area contributed by atoms with Crippen molar-refractivity contribution in [1.82, 2.24) is 4.98 Å². The van der Waals surface area contributed by atoms with Crippen LogP contribution in [0.5, 0.6) is 0 Å². The van der Waals surface area contributed by atoms with Crippen molar-refractivity contribution in [3.8, 4) is 0 Å². The Morgan fingerprint density at radius 3 is 2.93 bits per heavy atom. The molecule has 0 spiro atoms. The number of halogens is 1. The zero-order valence-corrected chi connectivity index (χ0v) is 8.52. The summed E-state index contributed by atoms with van der Waals surface area (Å²) in [4.78, 5) is 24.8. The van der Waals surface area contributed by atoms with Crippen molar-refractivity contribution in [3.63, 3.8) is 0 Å². The van der Waals surface area contributed by atoms with Gasteiger partial charge in [-0.1, -0.05) is 11.6 Å². The summed E-state index contributed by atoms with van der Waals surface area (Å²) in [6.45, 7) is 1.70. The molecule has 1 aromatic heterocycles. The van der Waals surface area contributed by atoms with E-state index in [1.54, 1.807) is 6.92 Å². The first-order valence-electron chi connectivity index (χ1n) is 4.04. The van der Waals surface area contributed by atoms with E-state index in [9.17, 15) is 14.9 Å². The van der Waals surface area contributed by atoms with Gasteiger partial charge in [0.25, 0.3) is 5.69 Å². The first-order chi connectivity index (χ1) is 7.07. The summed E-state index contributed by atoms with van der Waals surface area (Å²) in [6.07, 6.45) is 1.16. The average molecular weight is 231 g/mol. The maximum Gasteiger partial charge on any atom is 0.348 e. The zero-order valence-electron chi connectivity index (χ0n) is 7.77. The molecule has 0 atom stereocenters. The standard InChI is InChI=1S/C8H7ClN2O4/c1-2-15-8(12)6-5(11(13)14)3-4-10-7(6)9/h3-4H,2H2,1H3. The van der Waals surface area contributed by atoms with E-state index in [0.29, 0.717) is 0 Å². The van der Waals surface area contributed by atoms with Gasteiger partial charge in [0, 0.05) is 12.3 Å². The Morgan fingerprint density at radius 1 is 1.73 bits per heavy atom. The number of hydrogen-bond donors (Lipinski definition) is 0. The molecule has 0 aromatic carbocycles.